The molecule has 1 atom stereocenters. The summed E-state index contributed by atoms with van der Waals surface area (Å²) in [6, 6.07) is 31.1. The Balaban J connectivity index is 1.40. The van der Waals surface area contributed by atoms with Crippen molar-refractivity contribution in [2.24, 2.45) is 0 Å². The maximum Gasteiger partial charge on any atom is 0.336 e. The second kappa shape index (κ2) is 12.0. The number of carbonyl (C=O) groups excluding carboxylic acids is 1. The van der Waals surface area contributed by atoms with Crippen LogP contribution in [0.1, 0.15) is 75.8 Å². The number of carboxylic acid groups (broad SMARTS) is 1. The molecule has 5 heteroatoms. The Morgan fingerprint density at radius 2 is 1.60 bits per heavy atom. The van der Waals surface area contributed by atoms with E-state index in [2.05, 4.69) is 42.3 Å². The van der Waals surface area contributed by atoms with Gasteiger partial charge in [-0.1, -0.05) is 99.1 Å². The first-order valence-electron chi connectivity index (χ1n) is 13.9. The second-order valence-corrected chi connectivity index (χ2v) is 10.2. The molecule has 0 aliphatic carbocycles. The van der Waals surface area contributed by atoms with E-state index in [9.17, 15) is 14.7 Å². The Morgan fingerprint density at radius 1 is 0.875 bits per heavy atom. The Hall–Kier alpha value is -4.64. The van der Waals surface area contributed by atoms with Crippen LogP contribution >= 0.6 is 0 Å². The summed E-state index contributed by atoms with van der Waals surface area (Å²) in [7, 11) is 0. The fourth-order valence-electron chi connectivity index (χ4n) is 5.39. The van der Waals surface area contributed by atoms with Gasteiger partial charge in [-0.05, 0) is 65.3 Å². The van der Waals surface area contributed by atoms with Crippen molar-refractivity contribution in [3.63, 3.8) is 0 Å². The van der Waals surface area contributed by atoms with Gasteiger partial charge in [0.2, 0.25) is 0 Å². The molecule has 1 amide bonds. The van der Waals surface area contributed by atoms with Crippen LogP contribution in [0.5, 0.6) is 0 Å². The first kappa shape index (κ1) is 26.9. The van der Waals surface area contributed by atoms with Crippen molar-refractivity contribution in [3.05, 3.63) is 131 Å². The molecular formula is C35H34N2O3. The Kier molecular flexibility index (Phi) is 8.11. The second-order valence-electron chi connectivity index (χ2n) is 10.2. The maximum absolute atomic E-state index is 13.2. The van der Waals surface area contributed by atoms with Crippen LogP contribution in [-0.4, -0.2) is 22.0 Å². The maximum atomic E-state index is 13.2. The standard InChI is InChI=1S/C35H34N2O3/c1-3-10-32-30(21-23-15-17-24(18-16-23)27-13-8-9-14-29(27)35(39)40)28-20-19-26(22-33(28)36-32)34(38)37-31(4-2)25-11-6-5-7-12-25/h5-9,11-20,22,31,36H,3-4,10,21H2,1-2H3,(H,37,38)(H,39,40). The van der Waals surface area contributed by atoms with Crippen molar-refractivity contribution < 1.29 is 14.7 Å². The van der Waals surface area contributed by atoms with Gasteiger partial charge in [0, 0.05) is 22.2 Å². The van der Waals surface area contributed by atoms with E-state index in [1.165, 1.54) is 11.3 Å². The molecule has 4 aromatic carbocycles. The number of carboxylic acids is 1. The number of rotatable bonds is 10. The monoisotopic (exact) mass is 530 g/mol. The molecule has 0 fully saturated rings. The molecule has 3 N–H and O–H groups in total. The van der Waals surface area contributed by atoms with Crippen LogP contribution in [0.25, 0.3) is 22.0 Å². The number of aromatic nitrogens is 1. The van der Waals surface area contributed by atoms with Crippen molar-refractivity contribution >= 4 is 22.8 Å². The molecule has 0 aliphatic heterocycles. The van der Waals surface area contributed by atoms with Crippen LogP contribution in [0.4, 0.5) is 0 Å². The number of aryl methyl sites for hydroxylation is 1. The predicted octanol–water partition coefficient (Wildman–Crippen LogP) is 7.96. The van der Waals surface area contributed by atoms with E-state index in [4.69, 9.17) is 0 Å². The minimum absolute atomic E-state index is 0.0373. The molecule has 1 unspecified atom stereocenters. The first-order valence-corrected chi connectivity index (χ1v) is 13.9. The highest BCUT2D eigenvalue weighted by Crippen LogP contribution is 2.29. The van der Waals surface area contributed by atoms with Crippen LogP contribution in [0.15, 0.2) is 97.1 Å². The third-order valence-electron chi connectivity index (χ3n) is 7.48. The molecule has 1 heterocycles. The van der Waals surface area contributed by atoms with Crippen LogP contribution in [0, 0.1) is 0 Å². The summed E-state index contributed by atoms with van der Waals surface area (Å²) in [5, 5.41) is 13.9. The highest BCUT2D eigenvalue weighted by atomic mass is 16.4. The van der Waals surface area contributed by atoms with Gasteiger partial charge in [0.05, 0.1) is 11.6 Å². The van der Waals surface area contributed by atoms with Crippen molar-refractivity contribution in [2.45, 2.75) is 45.6 Å². The average molecular weight is 531 g/mol. The minimum Gasteiger partial charge on any atom is -0.478 e. The number of fused-ring (bicyclic) bond motifs is 1. The topological polar surface area (TPSA) is 82.2 Å². The number of nitrogens with one attached hydrogen (secondary N) is 2. The molecule has 1 aromatic heterocycles. The lowest BCUT2D eigenvalue weighted by Gasteiger charge is -2.17. The van der Waals surface area contributed by atoms with E-state index < -0.39 is 5.97 Å². The molecule has 202 valence electrons. The van der Waals surface area contributed by atoms with Gasteiger partial charge in [-0.25, -0.2) is 4.79 Å². The molecular weight excluding hydrogens is 496 g/mol. The lowest BCUT2D eigenvalue weighted by atomic mass is 9.95. The molecule has 0 saturated heterocycles. The van der Waals surface area contributed by atoms with E-state index in [1.807, 2.05) is 66.7 Å². The first-order chi connectivity index (χ1) is 19.5. The number of H-pyrrole nitrogens is 1. The number of amides is 1. The number of aromatic carboxylic acids is 1. The fraction of sp³-hybridized carbons (Fsp3) is 0.200. The van der Waals surface area contributed by atoms with Crippen molar-refractivity contribution in [1.82, 2.24) is 10.3 Å². The summed E-state index contributed by atoms with van der Waals surface area (Å²) in [5.41, 5.74) is 8.16. The lowest BCUT2D eigenvalue weighted by molar-refractivity contribution is 0.0697. The molecule has 0 aliphatic rings. The smallest absolute Gasteiger partial charge is 0.336 e. The molecule has 5 aromatic rings. The van der Waals surface area contributed by atoms with Gasteiger partial charge in [0.1, 0.15) is 0 Å². The average Bonchev–Trinajstić information content (AvgIpc) is 3.32. The summed E-state index contributed by atoms with van der Waals surface area (Å²) in [6.07, 6.45) is 3.48. The summed E-state index contributed by atoms with van der Waals surface area (Å²) in [4.78, 5) is 28.5. The number of benzene rings is 4. The zero-order valence-corrected chi connectivity index (χ0v) is 22.9. The molecule has 5 rings (SSSR count). The third-order valence-corrected chi connectivity index (χ3v) is 7.48. The fourth-order valence-corrected chi connectivity index (χ4v) is 5.39. The van der Waals surface area contributed by atoms with Gasteiger partial charge in [-0.2, -0.15) is 0 Å². The Bertz CT molecular complexity index is 1640. The van der Waals surface area contributed by atoms with Gasteiger partial charge in [-0.15, -0.1) is 0 Å². The molecule has 0 bridgehead atoms. The summed E-state index contributed by atoms with van der Waals surface area (Å²) >= 11 is 0. The minimum atomic E-state index is -0.930. The Morgan fingerprint density at radius 3 is 2.30 bits per heavy atom. The number of aromatic amines is 1. The summed E-state index contributed by atoms with van der Waals surface area (Å²) in [5.74, 6) is -1.01. The zero-order chi connectivity index (χ0) is 28.1. The van der Waals surface area contributed by atoms with Gasteiger partial charge >= 0.3 is 5.97 Å². The highest BCUT2D eigenvalue weighted by molar-refractivity contribution is 5.99. The van der Waals surface area contributed by atoms with E-state index >= 15 is 0 Å². The van der Waals surface area contributed by atoms with Gasteiger partial charge in [0.15, 0.2) is 0 Å². The number of carbonyl (C=O) groups is 2. The molecule has 0 radical (unpaired) electrons. The quantitative estimate of drug-likeness (QED) is 0.171. The molecule has 0 spiro atoms. The van der Waals surface area contributed by atoms with E-state index in [0.717, 1.165) is 53.3 Å². The third kappa shape index (κ3) is 5.69. The molecule has 0 saturated carbocycles. The highest BCUT2D eigenvalue weighted by Gasteiger charge is 2.17. The van der Waals surface area contributed by atoms with Gasteiger partial charge < -0.3 is 15.4 Å². The predicted molar refractivity (Wildman–Crippen MR) is 161 cm³/mol. The summed E-state index contributed by atoms with van der Waals surface area (Å²) in [6.45, 7) is 4.24. The lowest BCUT2D eigenvalue weighted by Crippen LogP contribution is -2.28. The van der Waals surface area contributed by atoms with E-state index in [1.54, 1.807) is 12.1 Å². The zero-order valence-electron chi connectivity index (χ0n) is 22.9. The largest absolute Gasteiger partial charge is 0.478 e. The van der Waals surface area contributed by atoms with E-state index in [0.29, 0.717) is 16.7 Å². The van der Waals surface area contributed by atoms with Crippen molar-refractivity contribution in [3.8, 4) is 11.1 Å². The normalized spacial score (nSPS) is 11.8. The number of hydrogen-bond acceptors (Lipinski definition) is 2. The number of hydrogen-bond donors (Lipinski definition) is 3. The van der Waals surface area contributed by atoms with Crippen LogP contribution in [0.3, 0.4) is 0 Å². The summed E-state index contributed by atoms with van der Waals surface area (Å²) < 4.78 is 0. The van der Waals surface area contributed by atoms with Crippen LogP contribution in [0.2, 0.25) is 0 Å². The van der Waals surface area contributed by atoms with Crippen LogP contribution in [-0.2, 0) is 12.8 Å². The van der Waals surface area contributed by atoms with Gasteiger partial charge in [-0.3, -0.25) is 4.79 Å². The van der Waals surface area contributed by atoms with Crippen LogP contribution < -0.4 is 5.32 Å². The van der Waals surface area contributed by atoms with Crippen molar-refractivity contribution in [1.29, 1.82) is 0 Å². The van der Waals surface area contributed by atoms with Gasteiger partial charge in [0.25, 0.3) is 5.91 Å². The Labute approximate surface area is 234 Å². The molecule has 5 nitrogen and oxygen atoms in total. The molecule has 40 heavy (non-hydrogen) atoms. The van der Waals surface area contributed by atoms with Crippen molar-refractivity contribution in [2.75, 3.05) is 0 Å². The SMILES string of the molecule is CCCc1[nH]c2cc(C(=O)NC(CC)c3ccccc3)ccc2c1Cc1ccc(-c2ccccc2C(=O)O)cc1. The van der Waals surface area contributed by atoms with E-state index in [-0.39, 0.29) is 11.9 Å².